The molecule has 1 atom stereocenters. The molecule has 0 saturated carbocycles. The van der Waals surface area contributed by atoms with Crippen LogP contribution in [-0.2, 0) is 11.2 Å². The number of hydrogen-bond donors (Lipinski definition) is 3. The summed E-state index contributed by atoms with van der Waals surface area (Å²) in [5, 5.41) is 7.42. The fraction of sp³-hybridized carbons (Fsp3) is 0.364. The summed E-state index contributed by atoms with van der Waals surface area (Å²) >= 11 is 3.63. The number of nitrogens with two attached hydrogens (primary N) is 1. The van der Waals surface area contributed by atoms with Gasteiger partial charge in [-0.25, -0.2) is 0 Å². The molecule has 1 rings (SSSR count). The Morgan fingerprint density at radius 2 is 2.00 bits per heavy atom. The zero-order valence-electron chi connectivity index (χ0n) is 8.76. The Balaban J connectivity index is 0.000000265. The molecule has 4 heteroatoms. The third-order valence-corrected chi connectivity index (χ3v) is 1.82. The standard InChI is InChI=1S/C8H10.C3H7NO2S/c1-2-8-6-4-3-5-7-8;4-2(7)1-3(5)6/h3-7H,2H2,1H3;2,7H,1,4H2,(H,5,6). The van der Waals surface area contributed by atoms with E-state index in [0.29, 0.717) is 0 Å². The molecule has 3 nitrogen and oxygen atoms in total. The van der Waals surface area contributed by atoms with Crippen molar-refractivity contribution < 1.29 is 9.90 Å². The van der Waals surface area contributed by atoms with Crippen molar-refractivity contribution in [3.8, 4) is 0 Å². The van der Waals surface area contributed by atoms with E-state index < -0.39 is 11.3 Å². The van der Waals surface area contributed by atoms with Gasteiger partial charge in [-0.05, 0) is 12.0 Å². The molecule has 0 saturated heterocycles. The van der Waals surface area contributed by atoms with E-state index in [9.17, 15) is 4.79 Å². The van der Waals surface area contributed by atoms with Crippen LogP contribution >= 0.6 is 12.6 Å². The molecule has 0 heterocycles. The lowest BCUT2D eigenvalue weighted by Crippen LogP contribution is -2.16. The van der Waals surface area contributed by atoms with Crippen LogP contribution in [0.1, 0.15) is 18.9 Å². The average molecular weight is 227 g/mol. The number of benzene rings is 1. The lowest BCUT2D eigenvalue weighted by Gasteiger charge is -1.94. The summed E-state index contributed by atoms with van der Waals surface area (Å²) in [7, 11) is 0. The molecule has 0 aliphatic heterocycles. The van der Waals surface area contributed by atoms with Gasteiger partial charge in [-0.15, -0.1) is 0 Å². The highest BCUT2D eigenvalue weighted by atomic mass is 32.1. The second-order valence-electron chi connectivity index (χ2n) is 3.00. The van der Waals surface area contributed by atoms with Gasteiger partial charge in [0.2, 0.25) is 0 Å². The monoisotopic (exact) mass is 227 g/mol. The van der Waals surface area contributed by atoms with Gasteiger partial charge >= 0.3 is 5.97 Å². The van der Waals surface area contributed by atoms with Crippen molar-refractivity contribution in [3.63, 3.8) is 0 Å². The molecular formula is C11H17NO2S. The summed E-state index contributed by atoms with van der Waals surface area (Å²) in [5.41, 5.74) is 6.39. The van der Waals surface area contributed by atoms with Crippen LogP contribution in [0.3, 0.4) is 0 Å². The largest absolute Gasteiger partial charge is 0.481 e. The first-order valence-electron chi connectivity index (χ1n) is 4.75. The van der Waals surface area contributed by atoms with Gasteiger partial charge in [0.25, 0.3) is 0 Å². The number of aliphatic carboxylic acids is 1. The lowest BCUT2D eigenvalue weighted by atomic mass is 10.2. The molecular weight excluding hydrogens is 210 g/mol. The Bertz CT molecular complexity index is 275. The molecule has 0 amide bonds. The number of carbonyl (C=O) groups is 1. The molecule has 15 heavy (non-hydrogen) atoms. The van der Waals surface area contributed by atoms with Crippen LogP contribution in [0.2, 0.25) is 0 Å². The van der Waals surface area contributed by atoms with Crippen LogP contribution in [0.15, 0.2) is 30.3 Å². The van der Waals surface area contributed by atoms with Gasteiger partial charge in [-0.1, -0.05) is 37.3 Å². The Morgan fingerprint density at radius 3 is 2.20 bits per heavy atom. The number of aryl methyl sites for hydroxylation is 1. The second-order valence-corrected chi connectivity index (χ2v) is 3.67. The zero-order valence-corrected chi connectivity index (χ0v) is 9.65. The third-order valence-electron chi connectivity index (χ3n) is 1.63. The number of rotatable bonds is 3. The highest BCUT2D eigenvalue weighted by Crippen LogP contribution is 1.96. The van der Waals surface area contributed by atoms with E-state index in [0.717, 1.165) is 6.42 Å². The molecule has 1 aromatic carbocycles. The van der Waals surface area contributed by atoms with Gasteiger partial charge in [0.1, 0.15) is 0 Å². The van der Waals surface area contributed by atoms with E-state index in [1.807, 2.05) is 6.07 Å². The molecule has 3 N–H and O–H groups in total. The minimum Gasteiger partial charge on any atom is -0.481 e. The summed E-state index contributed by atoms with van der Waals surface area (Å²) in [4.78, 5) is 9.68. The Kier molecular flexibility index (Phi) is 7.77. The minimum atomic E-state index is -0.914. The summed E-state index contributed by atoms with van der Waals surface area (Å²) in [6.45, 7) is 2.16. The Morgan fingerprint density at radius 1 is 1.47 bits per heavy atom. The molecule has 0 aromatic heterocycles. The van der Waals surface area contributed by atoms with E-state index in [2.05, 4.69) is 43.8 Å². The summed E-state index contributed by atoms with van der Waals surface area (Å²) in [5.74, 6) is -0.914. The maximum Gasteiger partial charge on any atom is 0.305 e. The number of carboxylic acids is 1. The van der Waals surface area contributed by atoms with E-state index in [-0.39, 0.29) is 6.42 Å². The average Bonchev–Trinajstić information content (AvgIpc) is 2.18. The van der Waals surface area contributed by atoms with Crippen molar-refractivity contribution in [2.75, 3.05) is 0 Å². The molecule has 0 radical (unpaired) electrons. The fourth-order valence-electron chi connectivity index (χ4n) is 0.893. The van der Waals surface area contributed by atoms with E-state index in [4.69, 9.17) is 10.8 Å². The molecule has 1 unspecified atom stereocenters. The third kappa shape index (κ3) is 9.31. The van der Waals surface area contributed by atoms with Crippen LogP contribution in [0.5, 0.6) is 0 Å². The fourth-order valence-corrected chi connectivity index (χ4v) is 1.05. The van der Waals surface area contributed by atoms with Gasteiger partial charge in [0.05, 0.1) is 11.8 Å². The van der Waals surface area contributed by atoms with Crippen molar-refractivity contribution in [1.29, 1.82) is 0 Å². The van der Waals surface area contributed by atoms with Gasteiger partial charge in [0, 0.05) is 0 Å². The highest BCUT2D eigenvalue weighted by Gasteiger charge is 1.99. The first kappa shape index (κ1) is 14.0. The first-order valence-corrected chi connectivity index (χ1v) is 5.27. The number of thiol groups is 1. The van der Waals surface area contributed by atoms with Crippen molar-refractivity contribution in [1.82, 2.24) is 0 Å². The van der Waals surface area contributed by atoms with Crippen molar-refractivity contribution in [2.45, 2.75) is 25.1 Å². The van der Waals surface area contributed by atoms with Crippen molar-refractivity contribution >= 4 is 18.6 Å². The quantitative estimate of drug-likeness (QED) is 0.546. The topological polar surface area (TPSA) is 63.3 Å². The molecule has 1 aromatic rings. The van der Waals surface area contributed by atoms with Gasteiger partial charge < -0.3 is 10.8 Å². The summed E-state index contributed by atoms with van der Waals surface area (Å²) in [6, 6.07) is 10.5. The molecule has 0 spiro atoms. The highest BCUT2D eigenvalue weighted by molar-refractivity contribution is 7.80. The normalized spacial score (nSPS) is 11.1. The van der Waals surface area contributed by atoms with Crippen LogP contribution in [0.25, 0.3) is 0 Å². The molecule has 0 aliphatic carbocycles. The molecule has 0 bridgehead atoms. The number of hydrogen-bond acceptors (Lipinski definition) is 3. The molecule has 0 aliphatic rings. The smallest absolute Gasteiger partial charge is 0.305 e. The molecule has 84 valence electrons. The van der Waals surface area contributed by atoms with E-state index in [1.165, 1.54) is 5.56 Å². The minimum absolute atomic E-state index is 0.0802. The first-order chi connectivity index (χ1) is 7.06. The van der Waals surface area contributed by atoms with Crippen molar-refractivity contribution in [3.05, 3.63) is 35.9 Å². The Hall–Kier alpha value is -1.00. The van der Waals surface area contributed by atoms with Crippen LogP contribution in [-0.4, -0.2) is 16.4 Å². The second kappa shape index (κ2) is 8.32. The van der Waals surface area contributed by atoms with Crippen LogP contribution < -0.4 is 5.73 Å². The van der Waals surface area contributed by atoms with E-state index in [1.54, 1.807) is 0 Å². The summed E-state index contributed by atoms with van der Waals surface area (Å²) in [6.07, 6.45) is 1.06. The Labute approximate surface area is 95.7 Å². The van der Waals surface area contributed by atoms with Gasteiger partial charge in [0.15, 0.2) is 0 Å². The number of carboxylic acid groups (broad SMARTS) is 1. The van der Waals surface area contributed by atoms with Crippen molar-refractivity contribution in [2.24, 2.45) is 5.73 Å². The maximum absolute atomic E-state index is 9.68. The molecule has 0 fully saturated rings. The predicted octanol–water partition coefficient (Wildman–Crippen LogP) is 1.92. The van der Waals surface area contributed by atoms with Crippen LogP contribution in [0, 0.1) is 0 Å². The van der Waals surface area contributed by atoms with Gasteiger partial charge in [-0.2, -0.15) is 12.6 Å². The zero-order chi connectivity index (χ0) is 11.7. The lowest BCUT2D eigenvalue weighted by molar-refractivity contribution is -0.136. The van der Waals surface area contributed by atoms with Gasteiger partial charge in [-0.3, -0.25) is 4.79 Å². The predicted molar refractivity (Wildman–Crippen MR) is 65.0 cm³/mol. The summed E-state index contributed by atoms with van der Waals surface area (Å²) < 4.78 is 0. The SMILES string of the molecule is CCc1ccccc1.NC(S)CC(=O)O. The maximum atomic E-state index is 9.68. The van der Waals surface area contributed by atoms with Crippen LogP contribution in [0.4, 0.5) is 0 Å². The van der Waals surface area contributed by atoms with E-state index >= 15 is 0 Å².